The summed E-state index contributed by atoms with van der Waals surface area (Å²) < 4.78 is 11.4. The number of anilines is 1. The quantitative estimate of drug-likeness (QED) is 0.787. The van der Waals surface area contributed by atoms with Gasteiger partial charge in [0.1, 0.15) is 0 Å². The van der Waals surface area contributed by atoms with Gasteiger partial charge in [0, 0.05) is 62.5 Å². The van der Waals surface area contributed by atoms with E-state index in [0.29, 0.717) is 0 Å². The molecule has 4 aliphatic rings. The van der Waals surface area contributed by atoms with Crippen LogP contribution in [0.25, 0.3) is 0 Å². The van der Waals surface area contributed by atoms with Crippen molar-refractivity contribution >= 4 is 17.3 Å². The number of rotatable bonds is 7. The van der Waals surface area contributed by atoms with Gasteiger partial charge in [-0.2, -0.15) is 0 Å². The molecule has 1 saturated carbocycles. The Morgan fingerprint density at radius 3 is 2.69 bits per heavy atom. The molecule has 1 N–H and O–H groups in total. The molecular weight excluding hydrogens is 350 g/mol. The van der Waals surface area contributed by atoms with Crippen LogP contribution >= 0.6 is 11.6 Å². The maximum Gasteiger partial charge on any atom is 0.0820 e. The van der Waals surface area contributed by atoms with Crippen molar-refractivity contribution in [3.8, 4) is 0 Å². The monoisotopic (exact) mass is 379 g/mol. The molecule has 1 aromatic carbocycles. The molecule has 1 aliphatic carbocycles. The topological polar surface area (TPSA) is 37.0 Å². The van der Waals surface area contributed by atoms with Crippen molar-refractivity contribution in [2.45, 2.75) is 25.0 Å². The lowest BCUT2D eigenvalue weighted by atomic mass is 9.63. The van der Waals surface area contributed by atoms with Crippen molar-refractivity contribution in [2.75, 3.05) is 65.0 Å². The molecule has 6 heteroatoms. The highest BCUT2D eigenvalue weighted by Crippen LogP contribution is 2.57. The van der Waals surface area contributed by atoms with E-state index in [-0.39, 0.29) is 11.0 Å². The predicted octanol–water partition coefficient (Wildman–Crippen LogP) is 2.38. The molecule has 5 rings (SSSR count). The molecule has 3 saturated heterocycles. The zero-order chi connectivity index (χ0) is 18.2. The molecule has 3 heterocycles. The molecule has 3 aliphatic heterocycles. The summed E-state index contributed by atoms with van der Waals surface area (Å²) in [5.41, 5.74) is 2.68. The first-order chi connectivity index (χ1) is 12.5. The Bertz CT molecular complexity index is 640. The third kappa shape index (κ3) is 3.60. The zero-order valence-corrected chi connectivity index (χ0v) is 16.6. The first kappa shape index (κ1) is 18.5. The fourth-order valence-electron chi connectivity index (χ4n) is 4.82. The van der Waals surface area contributed by atoms with E-state index < -0.39 is 0 Å². The Labute approximate surface area is 161 Å². The molecule has 1 aromatic rings. The average molecular weight is 380 g/mol. The van der Waals surface area contributed by atoms with Gasteiger partial charge in [-0.15, -0.1) is 0 Å². The number of hydrogen-bond donors (Lipinski definition) is 1. The van der Waals surface area contributed by atoms with E-state index in [1.807, 2.05) is 0 Å². The van der Waals surface area contributed by atoms with E-state index in [1.54, 1.807) is 7.11 Å². The van der Waals surface area contributed by atoms with Gasteiger partial charge in [-0.1, -0.05) is 17.7 Å². The summed E-state index contributed by atoms with van der Waals surface area (Å²) in [5, 5.41) is 4.40. The maximum atomic E-state index is 6.56. The number of hydrogen-bond acceptors (Lipinski definition) is 5. The summed E-state index contributed by atoms with van der Waals surface area (Å²) in [6.07, 6.45) is 2.22. The number of methoxy groups -OCH3 is 1. The molecule has 4 fully saturated rings. The summed E-state index contributed by atoms with van der Waals surface area (Å²) in [4.78, 5) is 4.78. The molecule has 0 amide bonds. The fraction of sp³-hybridized carbons (Fsp3) is 0.700. The van der Waals surface area contributed by atoms with Crippen LogP contribution in [0.3, 0.4) is 0 Å². The van der Waals surface area contributed by atoms with Crippen LogP contribution in [0.5, 0.6) is 0 Å². The van der Waals surface area contributed by atoms with Crippen molar-refractivity contribution in [3.63, 3.8) is 0 Å². The third-order valence-corrected chi connectivity index (χ3v) is 6.55. The van der Waals surface area contributed by atoms with Crippen molar-refractivity contribution in [2.24, 2.45) is 5.41 Å². The first-order valence-electron chi connectivity index (χ1n) is 9.59. The standard InChI is InChI=1S/C20H30ClN3O2/c1-23-5-7-24(8-6-23)17-4-3-16(18(21)9-17)10-22-13-20-11-19(12-20,14-25-2)15-26-20/h3-4,9,22H,5-8,10-15H2,1-2H3. The summed E-state index contributed by atoms with van der Waals surface area (Å²) in [6.45, 7) is 7.65. The highest BCUT2D eigenvalue weighted by molar-refractivity contribution is 6.31. The van der Waals surface area contributed by atoms with Gasteiger partial charge in [0.15, 0.2) is 0 Å². The van der Waals surface area contributed by atoms with Gasteiger partial charge in [-0.25, -0.2) is 0 Å². The van der Waals surface area contributed by atoms with Crippen LogP contribution in [-0.2, 0) is 16.0 Å². The van der Waals surface area contributed by atoms with Crippen molar-refractivity contribution in [3.05, 3.63) is 28.8 Å². The molecule has 0 unspecified atom stereocenters. The summed E-state index contributed by atoms with van der Waals surface area (Å²) in [5.74, 6) is 0. The first-order valence-corrected chi connectivity index (χ1v) is 9.97. The lowest BCUT2D eigenvalue weighted by Crippen LogP contribution is -2.52. The Kier molecular flexibility index (Phi) is 5.19. The second kappa shape index (κ2) is 7.28. The van der Waals surface area contributed by atoms with E-state index >= 15 is 0 Å². The lowest BCUT2D eigenvalue weighted by molar-refractivity contribution is -0.0332. The molecule has 0 atom stereocenters. The summed E-state index contributed by atoms with van der Waals surface area (Å²) in [6, 6.07) is 6.47. The van der Waals surface area contributed by atoms with Gasteiger partial charge < -0.3 is 24.6 Å². The number of fused-ring (bicyclic) bond motifs is 1. The minimum atomic E-state index is 0.0186. The van der Waals surface area contributed by atoms with Crippen LogP contribution in [0.4, 0.5) is 5.69 Å². The number of halogens is 1. The molecule has 2 bridgehead atoms. The van der Waals surface area contributed by atoms with Crippen LogP contribution in [-0.4, -0.2) is 70.6 Å². The SMILES string of the molecule is COCC12COC(CNCc3ccc(N4CCN(C)CC4)cc3Cl)(C1)C2. The molecule has 5 nitrogen and oxygen atoms in total. The van der Waals surface area contributed by atoms with E-state index in [4.69, 9.17) is 21.1 Å². The Balaban J connectivity index is 1.28. The minimum absolute atomic E-state index is 0.0186. The number of piperazine rings is 1. The molecule has 0 aromatic heterocycles. The van der Waals surface area contributed by atoms with Crippen LogP contribution in [0.15, 0.2) is 18.2 Å². The predicted molar refractivity (Wildman–Crippen MR) is 105 cm³/mol. The maximum absolute atomic E-state index is 6.56. The summed E-state index contributed by atoms with van der Waals surface area (Å²) >= 11 is 6.56. The molecule has 0 radical (unpaired) electrons. The number of benzene rings is 1. The Morgan fingerprint density at radius 2 is 2.00 bits per heavy atom. The molecular formula is C20H30ClN3O2. The average Bonchev–Trinajstić information content (AvgIpc) is 3.13. The second-order valence-electron chi connectivity index (χ2n) is 8.43. The van der Waals surface area contributed by atoms with E-state index in [1.165, 1.54) is 5.69 Å². The Morgan fingerprint density at radius 1 is 1.23 bits per heavy atom. The number of likely N-dealkylation sites (N-methyl/N-ethyl adjacent to an activating group) is 1. The zero-order valence-electron chi connectivity index (χ0n) is 15.9. The lowest BCUT2D eigenvalue weighted by Gasteiger charge is -2.44. The fourth-order valence-corrected chi connectivity index (χ4v) is 5.06. The highest BCUT2D eigenvalue weighted by atomic mass is 35.5. The highest BCUT2D eigenvalue weighted by Gasteiger charge is 2.61. The van der Waals surface area contributed by atoms with E-state index in [2.05, 4.69) is 40.4 Å². The second-order valence-corrected chi connectivity index (χ2v) is 8.84. The Hall–Kier alpha value is -0.850. The third-order valence-electron chi connectivity index (χ3n) is 6.20. The van der Waals surface area contributed by atoms with Gasteiger partial charge in [-0.05, 0) is 37.6 Å². The minimum Gasteiger partial charge on any atom is -0.384 e. The van der Waals surface area contributed by atoms with Gasteiger partial charge >= 0.3 is 0 Å². The van der Waals surface area contributed by atoms with Crippen molar-refractivity contribution < 1.29 is 9.47 Å². The van der Waals surface area contributed by atoms with Crippen molar-refractivity contribution in [1.82, 2.24) is 10.2 Å². The summed E-state index contributed by atoms with van der Waals surface area (Å²) in [7, 11) is 3.95. The molecule has 144 valence electrons. The van der Waals surface area contributed by atoms with Crippen LogP contribution in [0.1, 0.15) is 18.4 Å². The number of ether oxygens (including phenoxy) is 2. The van der Waals surface area contributed by atoms with Gasteiger partial charge in [0.25, 0.3) is 0 Å². The number of nitrogens with zero attached hydrogens (tertiary/aromatic N) is 2. The van der Waals surface area contributed by atoms with Crippen molar-refractivity contribution in [1.29, 1.82) is 0 Å². The molecule has 26 heavy (non-hydrogen) atoms. The normalized spacial score (nSPS) is 31.3. The van der Waals surface area contributed by atoms with Gasteiger partial charge in [0.05, 0.1) is 18.8 Å². The van der Waals surface area contributed by atoms with Gasteiger partial charge in [0.2, 0.25) is 0 Å². The number of nitrogens with one attached hydrogen (secondary N) is 1. The van der Waals surface area contributed by atoms with Gasteiger partial charge in [-0.3, -0.25) is 0 Å². The smallest absolute Gasteiger partial charge is 0.0820 e. The van der Waals surface area contributed by atoms with E-state index in [9.17, 15) is 0 Å². The van der Waals surface area contributed by atoms with Crippen LogP contribution in [0.2, 0.25) is 5.02 Å². The largest absolute Gasteiger partial charge is 0.384 e. The van der Waals surface area contributed by atoms with Crippen LogP contribution in [0, 0.1) is 5.41 Å². The van der Waals surface area contributed by atoms with E-state index in [0.717, 1.165) is 75.9 Å². The molecule has 0 spiro atoms. The van der Waals surface area contributed by atoms with Crippen LogP contribution < -0.4 is 10.2 Å².